The third-order valence-corrected chi connectivity index (χ3v) is 4.92. The van der Waals surface area contributed by atoms with Gasteiger partial charge in [0.1, 0.15) is 11.6 Å². The maximum absolute atomic E-state index is 12.2. The molecule has 5 N–H and O–H groups in total. The normalized spacial score (nSPS) is 13.2. The van der Waals surface area contributed by atoms with E-state index in [9.17, 15) is 9.90 Å². The van der Waals surface area contributed by atoms with Crippen LogP contribution in [0.15, 0.2) is 60.7 Å². The number of nitrogen functional groups attached to an aromatic ring is 1. The Labute approximate surface area is 169 Å². The molecule has 3 aromatic rings. The Morgan fingerprint density at radius 1 is 1.07 bits per heavy atom. The second kappa shape index (κ2) is 8.32. The molecule has 29 heavy (non-hydrogen) atoms. The van der Waals surface area contributed by atoms with E-state index < -0.39 is 0 Å². The fourth-order valence-electron chi connectivity index (χ4n) is 3.24. The quantitative estimate of drug-likeness (QED) is 0.495. The fourth-order valence-corrected chi connectivity index (χ4v) is 3.24. The van der Waals surface area contributed by atoms with Gasteiger partial charge in [0.05, 0.1) is 12.2 Å². The van der Waals surface area contributed by atoms with Crippen molar-refractivity contribution in [2.24, 2.45) is 5.92 Å². The van der Waals surface area contributed by atoms with E-state index in [1.54, 1.807) is 24.3 Å². The van der Waals surface area contributed by atoms with Gasteiger partial charge in [0.25, 0.3) is 0 Å². The number of nitrogens with one attached hydrogen (secondary N) is 2. The molecule has 4 rings (SSSR count). The molecule has 1 aliphatic carbocycles. The van der Waals surface area contributed by atoms with Gasteiger partial charge in [-0.1, -0.05) is 24.3 Å². The largest absolute Gasteiger partial charge is 0.507 e. The van der Waals surface area contributed by atoms with Crippen LogP contribution in [0.4, 0.5) is 11.5 Å². The van der Waals surface area contributed by atoms with E-state index in [0.717, 1.165) is 29.3 Å². The number of aromatic hydroxyl groups is 1. The monoisotopic (exact) mass is 388 g/mol. The summed E-state index contributed by atoms with van der Waals surface area (Å²) in [5.41, 5.74) is 9.71. The van der Waals surface area contributed by atoms with E-state index in [2.05, 4.69) is 15.6 Å². The van der Waals surface area contributed by atoms with E-state index in [0.29, 0.717) is 23.6 Å². The third kappa shape index (κ3) is 4.92. The second-order valence-electron chi connectivity index (χ2n) is 7.39. The van der Waals surface area contributed by atoms with Gasteiger partial charge in [0.2, 0.25) is 5.91 Å². The number of benzene rings is 2. The highest BCUT2D eigenvalue weighted by Gasteiger charge is 2.20. The molecule has 0 aliphatic heterocycles. The molecule has 0 bridgehead atoms. The van der Waals surface area contributed by atoms with Crippen LogP contribution in [-0.2, 0) is 4.79 Å². The molecule has 0 unspecified atom stereocenters. The molecule has 148 valence electrons. The van der Waals surface area contributed by atoms with Gasteiger partial charge in [0, 0.05) is 11.3 Å². The molecule has 6 nitrogen and oxygen atoms in total. The Kier molecular flexibility index (Phi) is 5.44. The summed E-state index contributed by atoms with van der Waals surface area (Å²) >= 11 is 0. The molecule has 1 fully saturated rings. The first-order valence-corrected chi connectivity index (χ1v) is 9.75. The smallest absolute Gasteiger partial charge is 0.238 e. The number of nitrogens with zero attached hydrogens (tertiary/aromatic N) is 1. The molecular formula is C23H24N4O2. The van der Waals surface area contributed by atoms with Crippen LogP contribution in [0.25, 0.3) is 22.4 Å². The summed E-state index contributed by atoms with van der Waals surface area (Å²) in [6, 6.07) is 18.3. The van der Waals surface area contributed by atoms with Crippen molar-refractivity contribution in [3.63, 3.8) is 0 Å². The number of aromatic nitrogens is 1. The summed E-state index contributed by atoms with van der Waals surface area (Å²) < 4.78 is 0. The Bertz CT molecular complexity index is 1030. The standard InChI is InChI=1S/C23H24N4O2/c24-22-12-17(11-20(27-22)19-6-1-2-7-21(19)28)16-4-3-5-18(10-16)26-23(29)14-25-13-15-8-9-15/h1-7,10-12,15,25,28H,8-9,13-14H2,(H2,24,27)(H,26,29). The highest BCUT2D eigenvalue weighted by Crippen LogP contribution is 2.32. The topological polar surface area (TPSA) is 100 Å². The van der Waals surface area contributed by atoms with Crippen LogP contribution in [0.1, 0.15) is 12.8 Å². The molecule has 2 aromatic carbocycles. The summed E-state index contributed by atoms with van der Waals surface area (Å²) in [6.45, 7) is 1.21. The number of anilines is 2. The van der Waals surface area contributed by atoms with Gasteiger partial charge in [-0.2, -0.15) is 0 Å². The van der Waals surface area contributed by atoms with E-state index >= 15 is 0 Å². The Morgan fingerprint density at radius 3 is 2.69 bits per heavy atom. The summed E-state index contributed by atoms with van der Waals surface area (Å²) in [7, 11) is 0. The number of hydrogen-bond donors (Lipinski definition) is 4. The van der Waals surface area contributed by atoms with Crippen LogP contribution in [0.5, 0.6) is 5.75 Å². The number of para-hydroxylation sites is 1. The molecule has 1 aromatic heterocycles. The number of phenols is 1. The Hall–Kier alpha value is -3.38. The lowest BCUT2D eigenvalue weighted by Gasteiger charge is -2.11. The minimum Gasteiger partial charge on any atom is -0.507 e. The molecule has 0 spiro atoms. The first kappa shape index (κ1) is 19.0. The number of rotatable bonds is 7. The Balaban J connectivity index is 1.53. The summed E-state index contributed by atoms with van der Waals surface area (Å²) in [6.07, 6.45) is 2.52. The number of pyridine rings is 1. The van der Waals surface area contributed by atoms with Crippen molar-refractivity contribution >= 4 is 17.4 Å². The number of hydrogen-bond acceptors (Lipinski definition) is 5. The van der Waals surface area contributed by atoms with Gasteiger partial charge in [-0.15, -0.1) is 0 Å². The predicted molar refractivity (Wildman–Crippen MR) is 115 cm³/mol. The predicted octanol–water partition coefficient (Wildman–Crippen LogP) is 3.64. The summed E-state index contributed by atoms with van der Waals surface area (Å²) in [4.78, 5) is 16.5. The van der Waals surface area contributed by atoms with Crippen LogP contribution in [0.3, 0.4) is 0 Å². The average molecular weight is 388 g/mol. The van der Waals surface area contributed by atoms with Crippen molar-refractivity contribution in [3.05, 3.63) is 60.7 Å². The number of amides is 1. The van der Waals surface area contributed by atoms with Crippen LogP contribution in [-0.4, -0.2) is 29.1 Å². The van der Waals surface area contributed by atoms with Gasteiger partial charge in [-0.25, -0.2) is 4.98 Å². The van der Waals surface area contributed by atoms with Gasteiger partial charge in [0.15, 0.2) is 0 Å². The van der Waals surface area contributed by atoms with E-state index in [1.165, 1.54) is 12.8 Å². The van der Waals surface area contributed by atoms with Crippen molar-refractivity contribution in [1.82, 2.24) is 10.3 Å². The maximum atomic E-state index is 12.2. The molecule has 0 saturated heterocycles. The average Bonchev–Trinajstić information content (AvgIpc) is 3.52. The zero-order valence-electron chi connectivity index (χ0n) is 16.1. The van der Waals surface area contributed by atoms with Gasteiger partial charge < -0.3 is 21.5 Å². The molecule has 1 saturated carbocycles. The fraction of sp³-hybridized carbons (Fsp3) is 0.217. The molecule has 1 heterocycles. The lowest BCUT2D eigenvalue weighted by Crippen LogP contribution is -2.29. The van der Waals surface area contributed by atoms with Gasteiger partial charge in [-0.05, 0) is 72.8 Å². The first-order valence-electron chi connectivity index (χ1n) is 9.75. The molecule has 0 radical (unpaired) electrons. The van der Waals surface area contributed by atoms with Crippen molar-refractivity contribution in [1.29, 1.82) is 0 Å². The molecule has 1 amide bonds. The minimum atomic E-state index is -0.0630. The number of nitrogens with two attached hydrogens (primary N) is 1. The zero-order chi connectivity index (χ0) is 20.2. The summed E-state index contributed by atoms with van der Waals surface area (Å²) in [5.74, 6) is 1.18. The molecule has 1 aliphatic rings. The van der Waals surface area contributed by atoms with Crippen LogP contribution in [0.2, 0.25) is 0 Å². The number of phenolic OH excluding ortho intramolecular Hbond substituents is 1. The molecule has 6 heteroatoms. The van der Waals surface area contributed by atoms with Crippen molar-refractivity contribution < 1.29 is 9.90 Å². The SMILES string of the molecule is Nc1cc(-c2cccc(NC(=O)CNCC3CC3)c2)cc(-c2ccccc2O)n1. The Morgan fingerprint density at radius 2 is 1.90 bits per heavy atom. The van der Waals surface area contributed by atoms with Crippen molar-refractivity contribution in [2.75, 3.05) is 24.1 Å². The third-order valence-electron chi connectivity index (χ3n) is 4.92. The highest BCUT2D eigenvalue weighted by molar-refractivity contribution is 5.93. The maximum Gasteiger partial charge on any atom is 0.238 e. The lowest BCUT2D eigenvalue weighted by molar-refractivity contribution is -0.115. The van der Waals surface area contributed by atoms with Crippen LogP contribution < -0.4 is 16.4 Å². The molecule has 0 atom stereocenters. The van der Waals surface area contributed by atoms with E-state index in [1.807, 2.05) is 36.4 Å². The number of carbonyl (C=O) groups excluding carboxylic acids is 1. The second-order valence-corrected chi connectivity index (χ2v) is 7.39. The van der Waals surface area contributed by atoms with E-state index in [-0.39, 0.29) is 11.7 Å². The van der Waals surface area contributed by atoms with Gasteiger partial charge >= 0.3 is 0 Å². The van der Waals surface area contributed by atoms with Crippen molar-refractivity contribution in [2.45, 2.75) is 12.8 Å². The lowest BCUT2D eigenvalue weighted by atomic mass is 10.0. The van der Waals surface area contributed by atoms with E-state index in [4.69, 9.17) is 5.73 Å². The van der Waals surface area contributed by atoms with Crippen LogP contribution >= 0.6 is 0 Å². The highest BCUT2D eigenvalue weighted by atomic mass is 16.3. The number of carbonyl (C=O) groups is 1. The first-order chi connectivity index (χ1) is 14.1. The van der Waals surface area contributed by atoms with Crippen LogP contribution in [0, 0.1) is 5.92 Å². The zero-order valence-corrected chi connectivity index (χ0v) is 16.1. The van der Waals surface area contributed by atoms with Gasteiger partial charge in [-0.3, -0.25) is 4.79 Å². The van der Waals surface area contributed by atoms with Crippen molar-refractivity contribution in [3.8, 4) is 28.1 Å². The summed E-state index contributed by atoms with van der Waals surface area (Å²) in [5, 5.41) is 16.3. The molecular weight excluding hydrogens is 364 g/mol. The minimum absolute atomic E-state index is 0.0630.